The van der Waals surface area contributed by atoms with Gasteiger partial charge in [0.25, 0.3) is 5.91 Å². The van der Waals surface area contributed by atoms with Crippen molar-refractivity contribution < 1.29 is 27.9 Å². The van der Waals surface area contributed by atoms with Gasteiger partial charge >= 0.3 is 0 Å². The van der Waals surface area contributed by atoms with Crippen LogP contribution in [0.2, 0.25) is 5.02 Å². The highest BCUT2D eigenvalue weighted by molar-refractivity contribution is 6.31. The average molecular weight is 574 g/mol. The molecule has 5 rings (SSSR count). The molecule has 1 aromatic heterocycles. The minimum Gasteiger partial charge on any atom is -0.373 e. The molecule has 0 radical (unpaired) electrons. The topological polar surface area (TPSA) is 98.7 Å². The molecule has 4 atom stereocenters. The van der Waals surface area contributed by atoms with Crippen LogP contribution < -0.4 is 15.1 Å². The lowest BCUT2D eigenvalue weighted by Gasteiger charge is -2.36. The minimum atomic E-state index is -2.91. The summed E-state index contributed by atoms with van der Waals surface area (Å²) in [5.74, 6) is -4.84. The smallest absolute Gasteiger partial charge is 0.250 e. The molecule has 1 saturated heterocycles. The van der Waals surface area contributed by atoms with Crippen molar-refractivity contribution in [1.82, 2.24) is 15.3 Å². The summed E-state index contributed by atoms with van der Waals surface area (Å²) < 4.78 is 42.4. The summed E-state index contributed by atoms with van der Waals surface area (Å²) in [5.41, 5.74) is 0.280. The molecule has 1 aliphatic carbocycles. The van der Waals surface area contributed by atoms with E-state index in [1.807, 2.05) is 0 Å². The molecule has 0 bridgehead atoms. The van der Waals surface area contributed by atoms with Crippen LogP contribution >= 0.6 is 11.6 Å². The number of hydrogen-bond donors (Lipinski definition) is 2. The lowest BCUT2D eigenvalue weighted by Crippen LogP contribution is -2.53. The van der Waals surface area contributed by atoms with E-state index in [4.69, 9.17) is 11.6 Å². The van der Waals surface area contributed by atoms with Gasteiger partial charge in [-0.05, 0) is 49.6 Å². The lowest BCUT2D eigenvalue weighted by molar-refractivity contribution is -0.127. The van der Waals surface area contributed by atoms with Crippen molar-refractivity contribution in [2.75, 3.05) is 9.80 Å². The van der Waals surface area contributed by atoms with E-state index in [1.165, 1.54) is 35.5 Å². The number of halogens is 4. The second kappa shape index (κ2) is 11.4. The molecule has 2 heterocycles. The molecule has 2 aliphatic rings. The molecule has 2 fully saturated rings. The van der Waals surface area contributed by atoms with Gasteiger partial charge in [-0.1, -0.05) is 35.9 Å². The van der Waals surface area contributed by atoms with Gasteiger partial charge in [0.15, 0.2) is 0 Å². The van der Waals surface area contributed by atoms with E-state index in [0.717, 1.165) is 11.0 Å². The molecule has 2 unspecified atom stereocenters. The number of aliphatic hydroxyl groups is 1. The number of carbonyl (C=O) groups excluding carboxylic acids is 2. The van der Waals surface area contributed by atoms with E-state index in [1.54, 1.807) is 30.3 Å². The van der Waals surface area contributed by atoms with Gasteiger partial charge in [-0.3, -0.25) is 14.5 Å². The molecule has 1 saturated carbocycles. The SMILES string of the molecule is O=C(NC1CCC(F)(F)C1)[C@H](c1ccccc1Cl)N(C(=O)[C@@H]1CCC(O)N1c1ncccn1)c1cccc(F)c1. The number of carbonyl (C=O) groups is 2. The van der Waals surface area contributed by atoms with E-state index >= 15 is 0 Å². The Kier molecular flexibility index (Phi) is 7.95. The first kappa shape index (κ1) is 27.9. The Morgan fingerprint density at radius 1 is 1.07 bits per heavy atom. The lowest BCUT2D eigenvalue weighted by atomic mass is 10.0. The maximum absolute atomic E-state index is 14.5. The second-order valence-corrected chi connectivity index (χ2v) is 10.4. The molecule has 8 nitrogen and oxygen atoms in total. The monoisotopic (exact) mass is 573 g/mol. The summed E-state index contributed by atoms with van der Waals surface area (Å²) in [5, 5.41) is 13.6. The normalized spacial score (nSPS) is 22.6. The largest absolute Gasteiger partial charge is 0.373 e. The van der Waals surface area contributed by atoms with Crippen LogP contribution in [0.15, 0.2) is 67.0 Å². The Labute approximate surface area is 233 Å². The molecular formula is C28H27ClF3N5O3. The zero-order chi connectivity index (χ0) is 28.4. The molecule has 0 spiro atoms. The second-order valence-electron chi connectivity index (χ2n) is 9.95. The summed E-state index contributed by atoms with van der Waals surface area (Å²) in [6.45, 7) is 0. The van der Waals surface area contributed by atoms with Crippen LogP contribution in [0.4, 0.5) is 24.8 Å². The quantitative estimate of drug-likeness (QED) is 0.427. The fraction of sp³-hybridized carbons (Fsp3) is 0.357. The van der Waals surface area contributed by atoms with E-state index < -0.39 is 54.3 Å². The van der Waals surface area contributed by atoms with Gasteiger partial charge in [0.05, 0.1) is 0 Å². The third-order valence-corrected chi connectivity index (χ3v) is 7.55. The number of hydrogen-bond acceptors (Lipinski definition) is 6. The Morgan fingerprint density at radius 3 is 2.50 bits per heavy atom. The highest BCUT2D eigenvalue weighted by atomic mass is 35.5. The van der Waals surface area contributed by atoms with Crippen molar-refractivity contribution in [1.29, 1.82) is 0 Å². The van der Waals surface area contributed by atoms with Crippen LogP contribution in [0.3, 0.4) is 0 Å². The van der Waals surface area contributed by atoms with E-state index in [2.05, 4.69) is 15.3 Å². The number of nitrogens with zero attached hydrogens (tertiary/aromatic N) is 4. The first-order valence-corrected chi connectivity index (χ1v) is 13.3. The molecule has 3 aromatic rings. The fourth-order valence-electron chi connectivity index (χ4n) is 5.37. The van der Waals surface area contributed by atoms with Crippen molar-refractivity contribution in [2.45, 2.75) is 62.4 Å². The minimum absolute atomic E-state index is 0.0529. The standard InChI is InChI=1S/C28H27ClF3N5O3/c29-21-8-2-1-7-20(21)24(25(39)35-18-11-12-28(31,32)16-18)36(19-6-3-5-17(30)15-19)26(40)22-9-10-23(38)37(22)27-33-13-4-14-34-27/h1-8,13-15,18,22-24,38H,9-12,16H2,(H,35,39)/t18?,22-,23?,24-/m0/s1. The fourth-order valence-corrected chi connectivity index (χ4v) is 5.61. The summed E-state index contributed by atoms with van der Waals surface area (Å²) >= 11 is 6.52. The van der Waals surface area contributed by atoms with Crippen LogP contribution in [0.5, 0.6) is 0 Å². The van der Waals surface area contributed by atoms with Gasteiger partial charge in [-0.2, -0.15) is 0 Å². The number of aromatic nitrogens is 2. The summed E-state index contributed by atoms with van der Waals surface area (Å²) in [7, 11) is 0. The van der Waals surface area contributed by atoms with Crippen molar-refractivity contribution in [2.24, 2.45) is 0 Å². The molecule has 210 valence electrons. The first-order chi connectivity index (χ1) is 19.1. The Morgan fingerprint density at radius 2 is 1.82 bits per heavy atom. The van der Waals surface area contributed by atoms with E-state index in [0.29, 0.717) is 0 Å². The maximum atomic E-state index is 14.5. The molecular weight excluding hydrogens is 547 g/mol. The van der Waals surface area contributed by atoms with Gasteiger partial charge < -0.3 is 15.3 Å². The first-order valence-electron chi connectivity index (χ1n) is 12.9. The van der Waals surface area contributed by atoms with Crippen molar-refractivity contribution >= 4 is 35.1 Å². The number of amides is 2. The van der Waals surface area contributed by atoms with Crippen LogP contribution in [0, 0.1) is 5.82 Å². The number of benzene rings is 2. The molecule has 40 heavy (non-hydrogen) atoms. The number of rotatable bonds is 7. The molecule has 2 aromatic carbocycles. The zero-order valence-corrected chi connectivity index (χ0v) is 22.0. The van der Waals surface area contributed by atoms with Gasteiger partial charge in [0.1, 0.15) is 24.1 Å². The van der Waals surface area contributed by atoms with Crippen molar-refractivity contribution in [3.8, 4) is 0 Å². The van der Waals surface area contributed by atoms with Crippen molar-refractivity contribution in [3.63, 3.8) is 0 Å². The molecule has 12 heteroatoms. The third-order valence-electron chi connectivity index (χ3n) is 7.20. The van der Waals surface area contributed by atoms with Crippen LogP contribution in [-0.2, 0) is 9.59 Å². The Balaban J connectivity index is 1.60. The van der Waals surface area contributed by atoms with Gasteiger partial charge in [-0.25, -0.2) is 23.1 Å². The maximum Gasteiger partial charge on any atom is 0.250 e. The average Bonchev–Trinajstić information content (AvgIpc) is 3.48. The highest BCUT2D eigenvalue weighted by Gasteiger charge is 2.46. The summed E-state index contributed by atoms with van der Waals surface area (Å²) in [4.78, 5) is 39.1. The van der Waals surface area contributed by atoms with Crippen LogP contribution in [-0.4, -0.2) is 51.1 Å². The van der Waals surface area contributed by atoms with Gasteiger partial charge in [0.2, 0.25) is 17.8 Å². The third kappa shape index (κ3) is 5.75. The van der Waals surface area contributed by atoms with Crippen LogP contribution in [0.1, 0.15) is 43.7 Å². The number of anilines is 2. The Hall–Kier alpha value is -3.70. The predicted molar refractivity (Wildman–Crippen MR) is 142 cm³/mol. The molecule has 1 aliphatic heterocycles. The van der Waals surface area contributed by atoms with Gasteiger partial charge in [-0.15, -0.1) is 0 Å². The van der Waals surface area contributed by atoms with E-state index in [9.17, 15) is 27.9 Å². The summed E-state index contributed by atoms with van der Waals surface area (Å²) in [6.07, 6.45) is 1.42. The predicted octanol–water partition coefficient (Wildman–Crippen LogP) is 4.63. The molecule has 2 amide bonds. The number of aliphatic hydroxyl groups excluding tert-OH is 1. The number of nitrogens with one attached hydrogen (secondary N) is 1. The summed E-state index contributed by atoms with van der Waals surface area (Å²) in [6, 6.07) is 9.84. The zero-order valence-electron chi connectivity index (χ0n) is 21.3. The van der Waals surface area contributed by atoms with Crippen molar-refractivity contribution in [3.05, 3.63) is 83.4 Å². The molecule has 2 N–H and O–H groups in total. The van der Waals surface area contributed by atoms with Gasteiger partial charge in [0, 0.05) is 47.6 Å². The number of alkyl halides is 2. The highest BCUT2D eigenvalue weighted by Crippen LogP contribution is 2.38. The van der Waals surface area contributed by atoms with E-state index in [-0.39, 0.29) is 47.9 Å². The van der Waals surface area contributed by atoms with Crippen LogP contribution in [0.25, 0.3) is 0 Å². The Bertz CT molecular complexity index is 1380.